The van der Waals surface area contributed by atoms with E-state index in [1.807, 2.05) is 0 Å². The largest absolute Gasteiger partial charge is 0.350 e. The molecule has 2 heterocycles. The van der Waals surface area contributed by atoms with Gasteiger partial charge in [-0.1, -0.05) is 13.8 Å². The maximum atomic E-state index is 12.2. The molecule has 0 aliphatic heterocycles. The smallest absolute Gasteiger partial charge is 0.259 e. The van der Waals surface area contributed by atoms with Crippen LogP contribution in [0.4, 0.5) is 0 Å². The van der Waals surface area contributed by atoms with Crippen LogP contribution in [0.3, 0.4) is 0 Å². The summed E-state index contributed by atoms with van der Waals surface area (Å²) in [5.41, 5.74) is 0.501. The minimum atomic E-state index is -0.111. The van der Waals surface area contributed by atoms with Crippen molar-refractivity contribution in [1.82, 2.24) is 19.2 Å². The molecule has 0 saturated heterocycles. The summed E-state index contributed by atoms with van der Waals surface area (Å²) in [7, 11) is 0. The Labute approximate surface area is 111 Å². The maximum Gasteiger partial charge on any atom is 0.350 e. The van der Waals surface area contributed by atoms with E-state index in [0.717, 1.165) is 18.6 Å². The van der Waals surface area contributed by atoms with Gasteiger partial charge in [0.15, 0.2) is 5.65 Å². The standard InChI is InChI=1S/C12H18N4OS/c1-3-12(4-2,9-18)8-16-11(17)15-6-5-13-7-10(15)14-16/h5-7,18H,3-4,8-9H2,1-2H3. The molecule has 0 aliphatic rings. The van der Waals surface area contributed by atoms with Crippen LogP contribution < -0.4 is 5.69 Å². The molecule has 0 bridgehead atoms. The van der Waals surface area contributed by atoms with Crippen LogP contribution >= 0.6 is 12.6 Å². The second kappa shape index (κ2) is 5.14. The SMILES string of the molecule is CCC(CC)(CS)Cn1nc2cnccn2c1=O. The van der Waals surface area contributed by atoms with Gasteiger partial charge in [-0.3, -0.25) is 4.98 Å². The Bertz CT molecular complexity index is 577. The van der Waals surface area contributed by atoms with E-state index in [0.29, 0.717) is 12.2 Å². The van der Waals surface area contributed by atoms with Gasteiger partial charge in [-0.2, -0.15) is 12.6 Å². The number of hydrogen-bond donors (Lipinski definition) is 1. The van der Waals surface area contributed by atoms with Crippen molar-refractivity contribution in [2.24, 2.45) is 5.41 Å². The summed E-state index contributed by atoms with van der Waals surface area (Å²) in [6.45, 7) is 4.86. The zero-order chi connectivity index (χ0) is 13.2. The number of aromatic nitrogens is 4. The molecule has 0 aromatic carbocycles. The summed E-state index contributed by atoms with van der Waals surface area (Å²) >= 11 is 4.43. The van der Waals surface area contributed by atoms with Crippen molar-refractivity contribution in [1.29, 1.82) is 0 Å². The predicted octanol–water partition coefficient (Wildman–Crippen LogP) is 1.63. The van der Waals surface area contributed by atoms with Crippen molar-refractivity contribution in [3.63, 3.8) is 0 Å². The van der Waals surface area contributed by atoms with Gasteiger partial charge in [-0.25, -0.2) is 13.9 Å². The molecule has 0 radical (unpaired) electrons. The van der Waals surface area contributed by atoms with Crippen LogP contribution in [-0.4, -0.2) is 24.9 Å². The van der Waals surface area contributed by atoms with E-state index in [9.17, 15) is 4.79 Å². The average Bonchev–Trinajstić information content (AvgIpc) is 2.73. The van der Waals surface area contributed by atoms with Gasteiger partial charge in [-0.15, -0.1) is 5.10 Å². The topological polar surface area (TPSA) is 52.2 Å². The first-order valence-corrected chi connectivity index (χ1v) is 6.79. The summed E-state index contributed by atoms with van der Waals surface area (Å²) in [6.07, 6.45) is 6.78. The third kappa shape index (κ3) is 2.16. The summed E-state index contributed by atoms with van der Waals surface area (Å²) < 4.78 is 3.04. The number of hydrogen-bond acceptors (Lipinski definition) is 4. The summed E-state index contributed by atoms with van der Waals surface area (Å²) in [4.78, 5) is 16.1. The van der Waals surface area contributed by atoms with Gasteiger partial charge in [0.1, 0.15) is 0 Å². The molecule has 18 heavy (non-hydrogen) atoms. The molecule has 0 spiro atoms. The van der Waals surface area contributed by atoms with Crippen molar-refractivity contribution in [2.75, 3.05) is 5.75 Å². The van der Waals surface area contributed by atoms with Crippen LogP contribution in [0.5, 0.6) is 0 Å². The van der Waals surface area contributed by atoms with E-state index in [-0.39, 0.29) is 11.1 Å². The Morgan fingerprint density at radius 1 is 1.39 bits per heavy atom. The monoisotopic (exact) mass is 266 g/mol. The van der Waals surface area contributed by atoms with Crippen molar-refractivity contribution in [3.05, 3.63) is 29.1 Å². The van der Waals surface area contributed by atoms with Gasteiger partial charge in [0, 0.05) is 12.4 Å². The van der Waals surface area contributed by atoms with Gasteiger partial charge in [0.2, 0.25) is 0 Å². The Kier molecular flexibility index (Phi) is 3.75. The second-order valence-corrected chi connectivity index (χ2v) is 4.93. The van der Waals surface area contributed by atoms with Crippen LogP contribution in [-0.2, 0) is 6.54 Å². The van der Waals surface area contributed by atoms with Crippen LogP contribution in [0.1, 0.15) is 26.7 Å². The van der Waals surface area contributed by atoms with Crippen LogP contribution in [0.2, 0.25) is 0 Å². The first-order valence-electron chi connectivity index (χ1n) is 6.16. The van der Waals surface area contributed by atoms with Gasteiger partial charge in [-0.05, 0) is 24.0 Å². The van der Waals surface area contributed by atoms with Crippen LogP contribution in [0, 0.1) is 5.41 Å². The molecule has 0 amide bonds. The molecule has 0 N–H and O–H groups in total. The highest BCUT2D eigenvalue weighted by atomic mass is 32.1. The molecule has 2 aromatic rings. The lowest BCUT2D eigenvalue weighted by molar-refractivity contribution is 0.243. The third-order valence-electron chi connectivity index (χ3n) is 3.71. The molecule has 98 valence electrons. The lowest BCUT2D eigenvalue weighted by Gasteiger charge is -2.28. The van der Waals surface area contributed by atoms with E-state index in [1.165, 1.54) is 9.08 Å². The number of rotatable bonds is 5. The molecule has 0 aliphatic carbocycles. The Morgan fingerprint density at radius 3 is 2.67 bits per heavy atom. The van der Waals surface area contributed by atoms with Gasteiger partial charge < -0.3 is 0 Å². The van der Waals surface area contributed by atoms with Gasteiger partial charge in [0.25, 0.3) is 0 Å². The van der Waals surface area contributed by atoms with Crippen molar-refractivity contribution < 1.29 is 0 Å². The van der Waals surface area contributed by atoms with Crippen molar-refractivity contribution in [3.8, 4) is 0 Å². The van der Waals surface area contributed by atoms with Gasteiger partial charge >= 0.3 is 5.69 Å². The molecule has 6 heteroatoms. The highest BCUT2D eigenvalue weighted by Crippen LogP contribution is 2.29. The van der Waals surface area contributed by atoms with Crippen molar-refractivity contribution >= 4 is 18.3 Å². The number of nitrogens with zero attached hydrogens (tertiary/aromatic N) is 4. The van der Waals surface area contributed by atoms with Crippen LogP contribution in [0.15, 0.2) is 23.4 Å². The van der Waals surface area contributed by atoms with E-state index >= 15 is 0 Å². The van der Waals surface area contributed by atoms with Crippen LogP contribution in [0.25, 0.3) is 5.65 Å². The first kappa shape index (κ1) is 13.1. The fraction of sp³-hybridized carbons (Fsp3) is 0.583. The maximum absolute atomic E-state index is 12.2. The lowest BCUT2D eigenvalue weighted by atomic mass is 9.84. The normalized spacial score (nSPS) is 12.2. The molecule has 0 unspecified atom stereocenters. The molecule has 2 rings (SSSR count). The Morgan fingerprint density at radius 2 is 2.11 bits per heavy atom. The highest BCUT2D eigenvalue weighted by molar-refractivity contribution is 7.80. The lowest BCUT2D eigenvalue weighted by Crippen LogP contribution is -2.33. The molecular formula is C12H18N4OS. The Hall–Kier alpha value is -1.30. The predicted molar refractivity (Wildman–Crippen MR) is 74.1 cm³/mol. The minimum Gasteiger partial charge on any atom is -0.259 e. The highest BCUT2D eigenvalue weighted by Gasteiger charge is 2.26. The fourth-order valence-corrected chi connectivity index (χ4v) is 2.60. The third-order valence-corrected chi connectivity index (χ3v) is 4.38. The fourth-order valence-electron chi connectivity index (χ4n) is 2.05. The van der Waals surface area contributed by atoms with E-state index in [4.69, 9.17) is 0 Å². The number of thiol groups is 1. The Balaban J connectivity index is 2.43. The van der Waals surface area contributed by atoms with E-state index < -0.39 is 0 Å². The molecule has 0 fully saturated rings. The van der Waals surface area contributed by atoms with Crippen molar-refractivity contribution in [2.45, 2.75) is 33.2 Å². The quantitative estimate of drug-likeness (QED) is 0.837. The van der Waals surface area contributed by atoms with E-state index in [2.05, 4.69) is 36.6 Å². The van der Waals surface area contributed by atoms with Gasteiger partial charge in [0.05, 0.1) is 12.7 Å². The molecule has 0 atom stereocenters. The molecule has 0 saturated carbocycles. The zero-order valence-electron chi connectivity index (χ0n) is 10.7. The summed E-state index contributed by atoms with van der Waals surface area (Å²) in [5.74, 6) is 0.749. The van der Waals surface area contributed by atoms with E-state index in [1.54, 1.807) is 18.6 Å². The molecular weight excluding hydrogens is 248 g/mol. The second-order valence-electron chi connectivity index (χ2n) is 4.61. The first-order chi connectivity index (χ1) is 8.65. The number of fused-ring (bicyclic) bond motifs is 1. The molecule has 2 aromatic heterocycles. The zero-order valence-corrected chi connectivity index (χ0v) is 11.6. The summed E-state index contributed by atoms with van der Waals surface area (Å²) in [5, 5.41) is 4.31. The average molecular weight is 266 g/mol. The summed E-state index contributed by atoms with van der Waals surface area (Å²) in [6, 6.07) is 0. The minimum absolute atomic E-state index is 0.0261. The molecule has 5 nitrogen and oxygen atoms in total.